The van der Waals surface area contributed by atoms with E-state index < -0.39 is 0 Å². The number of aromatic nitrogens is 4. The Morgan fingerprint density at radius 2 is 2.00 bits per heavy atom. The molecule has 3 rings (SSSR count). The molecule has 80 valence electrons. The first-order valence-electron chi connectivity index (χ1n) is 4.97. The van der Waals surface area contributed by atoms with Gasteiger partial charge in [-0.05, 0) is 13.8 Å². The van der Waals surface area contributed by atoms with Crippen molar-refractivity contribution < 1.29 is 0 Å². The summed E-state index contributed by atoms with van der Waals surface area (Å²) in [6.45, 7) is 4.02. The Morgan fingerprint density at radius 3 is 2.75 bits per heavy atom. The van der Waals surface area contributed by atoms with Gasteiger partial charge in [0.05, 0.1) is 5.69 Å². The van der Waals surface area contributed by atoms with Crippen LogP contribution < -0.4 is 0 Å². The van der Waals surface area contributed by atoms with Crippen LogP contribution in [0.15, 0.2) is 24.0 Å². The highest BCUT2D eigenvalue weighted by Crippen LogP contribution is 2.22. The Balaban J connectivity index is 2.23. The van der Waals surface area contributed by atoms with E-state index in [1.54, 1.807) is 23.7 Å². The van der Waals surface area contributed by atoms with Gasteiger partial charge in [-0.25, -0.2) is 4.98 Å². The minimum Gasteiger partial charge on any atom is -0.294 e. The number of hydrogen-bond acceptors (Lipinski definition) is 4. The van der Waals surface area contributed by atoms with Crippen molar-refractivity contribution in [2.24, 2.45) is 0 Å². The van der Waals surface area contributed by atoms with Crippen molar-refractivity contribution in [3.63, 3.8) is 0 Å². The van der Waals surface area contributed by atoms with Gasteiger partial charge in [-0.3, -0.25) is 14.4 Å². The molecule has 0 fully saturated rings. The van der Waals surface area contributed by atoms with Gasteiger partial charge in [0.2, 0.25) is 0 Å². The number of rotatable bonds is 1. The summed E-state index contributed by atoms with van der Waals surface area (Å²) in [6, 6.07) is 0. The van der Waals surface area contributed by atoms with Crippen molar-refractivity contribution in [3.8, 4) is 11.4 Å². The molecule has 0 saturated carbocycles. The molecule has 0 amide bonds. The molecule has 16 heavy (non-hydrogen) atoms. The zero-order valence-electron chi connectivity index (χ0n) is 9.01. The van der Waals surface area contributed by atoms with Gasteiger partial charge in [0.25, 0.3) is 0 Å². The van der Waals surface area contributed by atoms with Crippen LogP contribution in [0.3, 0.4) is 0 Å². The molecule has 5 heteroatoms. The summed E-state index contributed by atoms with van der Waals surface area (Å²) in [5.74, 6) is 0. The van der Waals surface area contributed by atoms with Crippen LogP contribution in [-0.2, 0) is 0 Å². The van der Waals surface area contributed by atoms with Gasteiger partial charge < -0.3 is 0 Å². The zero-order valence-corrected chi connectivity index (χ0v) is 9.82. The highest BCUT2D eigenvalue weighted by Gasteiger charge is 2.10. The van der Waals surface area contributed by atoms with Gasteiger partial charge in [0.1, 0.15) is 11.4 Å². The molecule has 0 aliphatic carbocycles. The lowest BCUT2D eigenvalue weighted by Gasteiger charge is -1.97. The summed E-state index contributed by atoms with van der Waals surface area (Å²) >= 11 is 1.64. The summed E-state index contributed by atoms with van der Waals surface area (Å²) < 4.78 is 2.08. The number of imidazole rings is 1. The fourth-order valence-electron chi connectivity index (χ4n) is 1.67. The average Bonchev–Trinajstić information content (AvgIpc) is 2.82. The molecule has 0 spiro atoms. The fourth-order valence-corrected chi connectivity index (χ4v) is 2.52. The number of aryl methyl sites for hydroxylation is 2. The van der Waals surface area contributed by atoms with Gasteiger partial charge in [0.15, 0.2) is 4.96 Å². The lowest BCUT2D eigenvalue weighted by molar-refractivity contribution is 1.11. The van der Waals surface area contributed by atoms with Crippen molar-refractivity contribution in [1.82, 2.24) is 19.4 Å². The van der Waals surface area contributed by atoms with Crippen LogP contribution in [0.4, 0.5) is 0 Å². The van der Waals surface area contributed by atoms with Gasteiger partial charge in [-0.1, -0.05) is 0 Å². The number of thiazole rings is 1. The number of hydrogen-bond donors (Lipinski definition) is 0. The highest BCUT2D eigenvalue weighted by atomic mass is 32.1. The maximum absolute atomic E-state index is 4.54. The van der Waals surface area contributed by atoms with Gasteiger partial charge in [-0.15, -0.1) is 11.3 Å². The fraction of sp³-hybridized carbons (Fsp3) is 0.182. The predicted octanol–water partition coefficient (Wildman–Crippen LogP) is 2.47. The minimum absolute atomic E-state index is 0.859. The van der Waals surface area contributed by atoms with Crippen LogP contribution in [-0.4, -0.2) is 19.4 Å². The largest absolute Gasteiger partial charge is 0.294 e. The molecular formula is C11H10N4S. The van der Waals surface area contributed by atoms with Crippen LogP contribution in [0, 0.1) is 13.8 Å². The molecule has 0 aromatic carbocycles. The molecule has 0 N–H and O–H groups in total. The van der Waals surface area contributed by atoms with Crippen LogP contribution in [0.5, 0.6) is 0 Å². The molecule has 3 aromatic rings. The lowest BCUT2D eigenvalue weighted by atomic mass is 10.2. The smallest absolute Gasteiger partial charge is 0.194 e. The molecule has 0 unspecified atom stereocenters. The summed E-state index contributed by atoms with van der Waals surface area (Å²) in [5, 5.41) is 2.09. The third kappa shape index (κ3) is 1.32. The van der Waals surface area contributed by atoms with Crippen LogP contribution in [0.2, 0.25) is 0 Å². The van der Waals surface area contributed by atoms with Crippen molar-refractivity contribution in [1.29, 1.82) is 0 Å². The molecule has 0 bridgehead atoms. The monoisotopic (exact) mass is 230 g/mol. The summed E-state index contributed by atoms with van der Waals surface area (Å²) in [7, 11) is 0. The van der Waals surface area contributed by atoms with Crippen LogP contribution >= 0.6 is 11.3 Å². The molecule has 0 radical (unpaired) electrons. The molecule has 3 aromatic heterocycles. The average molecular weight is 230 g/mol. The van der Waals surface area contributed by atoms with Crippen molar-refractivity contribution in [2.75, 3.05) is 0 Å². The second-order valence-electron chi connectivity index (χ2n) is 3.65. The van der Waals surface area contributed by atoms with Gasteiger partial charge in [0, 0.05) is 29.7 Å². The molecule has 0 aliphatic heterocycles. The number of nitrogens with zero attached hydrogens (tertiary/aromatic N) is 4. The zero-order chi connectivity index (χ0) is 11.1. The van der Waals surface area contributed by atoms with E-state index >= 15 is 0 Å². The van der Waals surface area contributed by atoms with E-state index in [-0.39, 0.29) is 0 Å². The number of fused-ring (bicyclic) bond motifs is 1. The SMILES string of the molecule is Cc1nccnc1-c1cn2c(C)csc2n1. The maximum atomic E-state index is 4.54. The Hall–Kier alpha value is -1.75. The third-order valence-electron chi connectivity index (χ3n) is 2.51. The second kappa shape index (κ2) is 3.38. The molecule has 0 atom stereocenters. The normalized spacial score (nSPS) is 11.1. The molecule has 3 heterocycles. The first-order valence-corrected chi connectivity index (χ1v) is 5.85. The minimum atomic E-state index is 0.859. The third-order valence-corrected chi connectivity index (χ3v) is 3.47. The summed E-state index contributed by atoms with van der Waals surface area (Å²) in [4.78, 5) is 14.1. The van der Waals surface area contributed by atoms with Crippen molar-refractivity contribution in [2.45, 2.75) is 13.8 Å². The van der Waals surface area contributed by atoms with Crippen LogP contribution in [0.25, 0.3) is 16.3 Å². The van der Waals surface area contributed by atoms with Gasteiger partial charge in [-0.2, -0.15) is 0 Å². The molecule has 0 aliphatic rings. The van der Waals surface area contributed by atoms with E-state index in [9.17, 15) is 0 Å². The first-order chi connectivity index (χ1) is 7.75. The summed E-state index contributed by atoms with van der Waals surface area (Å²) in [6.07, 6.45) is 5.41. The molecule has 0 saturated heterocycles. The standard InChI is InChI=1S/C11H10N4S/c1-7-6-16-11-14-9(5-15(7)11)10-8(2)12-3-4-13-10/h3-6H,1-2H3. The first kappa shape index (κ1) is 9.47. The van der Waals surface area contributed by atoms with E-state index in [4.69, 9.17) is 0 Å². The van der Waals surface area contributed by atoms with E-state index in [2.05, 4.69) is 31.7 Å². The Morgan fingerprint density at radius 1 is 1.19 bits per heavy atom. The van der Waals surface area contributed by atoms with E-state index in [1.807, 2.05) is 13.1 Å². The quantitative estimate of drug-likeness (QED) is 0.645. The molecular weight excluding hydrogens is 220 g/mol. The Kier molecular flexibility index (Phi) is 2.00. The van der Waals surface area contributed by atoms with Crippen molar-refractivity contribution >= 4 is 16.3 Å². The van der Waals surface area contributed by atoms with Crippen LogP contribution in [0.1, 0.15) is 11.4 Å². The highest BCUT2D eigenvalue weighted by molar-refractivity contribution is 7.15. The van der Waals surface area contributed by atoms with Gasteiger partial charge >= 0.3 is 0 Å². The summed E-state index contributed by atoms with van der Waals surface area (Å²) in [5.41, 5.74) is 3.85. The lowest BCUT2D eigenvalue weighted by Crippen LogP contribution is -1.90. The van der Waals surface area contributed by atoms with Crippen molar-refractivity contribution in [3.05, 3.63) is 35.4 Å². The maximum Gasteiger partial charge on any atom is 0.194 e. The van der Waals surface area contributed by atoms with E-state index in [1.165, 1.54) is 5.69 Å². The second-order valence-corrected chi connectivity index (χ2v) is 4.48. The topological polar surface area (TPSA) is 43.1 Å². The Labute approximate surface area is 96.6 Å². The van der Waals surface area contributed by atoms with E-state index in [0.29, 0.717) is 0 Å². The van der Waals surface area contributed by atoms with E-state index in [0.717, 1.165) is 22.0 Å². The Bertz CT molecular complexity index is 653. The predicted molar refractivity (Wildman–Crippen MR) is 63.6 cm³/mol. The molecule has 4 nitrogen and oxygen atoms in total.